The van der Waals surface area contributed by atoms with E-state index in [2.05, 4.69) is 39.7 Å². The van der Waals surface area contributed by atoms with Gasteiger partial charge in [-0.2, -0.15) is 0 Å². The van der Waals surface area contributed by atoms with E-state index in [0.29, 0.717) is 6.54 Å². The van der Waals surface area contributed by atoms with E-state index in [-0.39, 0.29) is 0 Å². The molecule has 0 radical (unpaired) electrons. The Labute approximate surface area is 131 Å². The van der Waals surface area contributed by atoms with E-state index in [4.69, 9.17) is 4.74 Å². The summed E-state index contributed by atoms with van der Waals surface area (Å²) < 4.78 is 7.43. The van der Waals surface area contributed by atoms with E-state index in [0.717, 1.165) is 30.4 Å². The molecule has 0 saturated carbocycles. The van der Waals surface area contributed by atoms with E-state index < -0.39 is 0 Å². The Bertz CT molecular complexity index is 607. The highest BCUT2D eigenvalue weighted by molar-refractivity contribution is 5.79. The van der Waals surface area contributed by atoms with Crippen molar-refractivity contribution in [3.05, 3.63) is 48.0 Å². The van der Waals surface area contributed by atoms with Crippen molar-refractivity contribution in [3.63, 3.8) is 0 Å². The fourth-order valence-corrected chi connectivity index (χ4v) is 2.12. The van der Waals surface area contributed by atoms with Gasteiger partial charge in [-0.25, -0.2) is 4.98 Å². The Morgan fingerprint density at radius 2 is 2.23 bits per heavy atom. The number of nitrogens with one attached hydrogen (secondary N) is 2. The Morgan fingerprint density at radius 1 is 1.36 bits per heavy atom. The smallest absolute Gasteiger partial charge is 0.191 e. The molecule has 1 aromatic carbocycles. The third-order valence-electron chi connectivity index (χ3n) is 3.33. The van der Waals surface area contributed by atoms with Crippen LogP contribution in [0.5, 0.6) is 5.75 Å². The molecule has 22 heavy (non-hydrogen) atoms. The summed E-state index contributed by atoms with van der Waals surface area (Å²) in [6.07, 6.45) is 5.51. The van der Waals surface area contributed by atoms with Crippen LogP contribution in [0.4, 0.5) is 0 Å². The van der Waals surface area contributed by atoms with Gasteiger partial charge < -0.3 is 19.9 Å². The molecule has 0 aliphatic carbocycles. The van der Waals surface area contributed by atoms with Gasteiger partial charge in [0, 0.05) is 44.6 Å². The number of aryl methyl sites for hydroxylation is 1. The van der Waals surface area contributed by atoms with Crippen LogP contribution >= 0.6 is 0 Å². The number of benzene rings is 1. The fourth-order valence-electron chi connectivity index (χ4n) is 2.12. The van der Waals surface area contributed by atoms with Crippen LogP contribution in [0.15, 0.2) is 41.9 Å². The second kappa shape index (κ2) is 8.07. The van der Waals surface area contributed by atoms with E-state index in [1.165, 1.54) is 5.56 Å². The lowest BCUT2D eigenvalue weighted by atomic mass is 10.1. The van der Waals surface area contributed by atoms with E-state index >= 15 is 0 Å². The van der Waals surface area contributed by atoms with Gasteiger partial charge >= 0.3 is 0 Å². The number of hydrogen-bond acceptors (Lipinski definition) is 3. The maximum atomic E-state index is 5.41. The Kier molecular flexibility index (Phi) is 5.82. The highest BCUT2D eigenvalue weighted by Crippen LogP contribution is 2.19. The van der Waals surface area contributed by atoms with Crippen molar-refractivity contribution in [1.29, 1.82) is 0 Å². The predicted octanol–water partition coefficient (Wildman–Crippen LogP) is 1.57. The first kappa shape index (κ1) is 15.9. The van der Waals surface area contributed by atoms with Crippen molar-refractivity contribution in [2.24, 2.45) is 4.99 Å². The minimum absolute atomic E-state index is 0.661. The zero-order valence-corrected chi connectivity index (χ0v) is 13.3. The lowest BCUT2D eigenvalue weighted by Gasteiger charge is -2.14. The van der Waals surface area contributed by atoms with Crippen molar-refractivity contribution in [2.45, 2.75) is 20.0 Å². The molecule has 2 N–H and O–H groups in total. The summed E-state index contributed by atoms with van der Waals surface area (Å²) in [7, 11) is 3.45. The van der Waals surface area contributed by atoms with Crippen molar-refractivity contribution >= 4 is 5.96 Å². The van der Waals surface area contributed by atoms with E-state index in [9.17, 15) is 0 Å². The number of ether oxygens (including phenoxy) is 1. The second-order valence-electron chi connectivity index (χ2n) is 4.97. The average Bonchev–Trinajstić information content (AvgIpc) is 3.04. The summed E-state index contributed by atoms with van der Waals surface area (Å²) in [6.45, 7) is 4.33. The van der Waals surface area contributed by atoms with Crippen LogP contribution in [0.1, 0.15) is 11.1 Å². The lowest BCUT2D eigenvalue weighted by molar-refractivity contribution is 0.408. The van der Waals surface area contributed by atoms with Crippen LogP contribution in [0.2, 0.25) is 0 Å². The maximum absolute atomic E-state index is 5.41. The second-order valence-corrected chi connectivity index (χ2v) is 4.97. The summed E-state index contributed by atoms with van der Waals surface area (Å²) in [6, 6.07) is 6.18. The molecule has 0 fully saturated rings. The molecule has 2 rings (SSSR count). The standard InChI is InChI=1S/C16H23N5O/c1-13-4-5-14(15(10-13)22-3)11-20-16(17-2)19-7-9-21-8-6-18-12-21/h4-6,8,10,12H,7,9,11H2,1-3H3,(H2,17,19,20). The molecular formula is C16H23N5O. The zero-order valence-electron chi connectivity index (χ0n) is 13.3. The summed E-state index contributed by atoms with van der Waals surface area (Å²) in [5.74, 6) is 1.66. The van der Waals surface area contributed by atoms with Gasteiger partial charge in [-0.1, -0.05) is 12.1 Å². The molecule has 0 aliphatic rings. The Morgan fingerprint density at radius 3 is 2.91 bits per heavy atom. The number of rotatable bonds is 6. The maximum Gasteiger partial charge on any atom is 0.191 e. The van der Waals surface area contributed by atoms with Crippen LogP contribution < -0.4 is 15.4 Å². The van der Waals surface area contributed by atoms with Gasteiger partial charge in [0.25, 0.3) is 0 Å². The number of aliphatic imine (C=N–C) groups is 1. The zero-order chi connectivity index (χ0) is 15.8. The van der Waals surface area contributed by atoms with Crippen molar-refractivity contribution in [3.8, 4) is 5.75 Å². The molecule has 0 unspecified atom stereocenters. The SMILES string of the molecule is CN=C(NCCn1ccnc1)NCc1ccc(C)cc1OC. The minimum Gasteiger partial charge on any atom is -0.496 e. The molecule has 2 aromatic rings. The highest BCUT2D eigenvalue weighted by Gasteiger charge is 2.04. The molecule has 1 aromatic heterocycles. The lowest BCUT2D eigenvalue weighted by Crippen LogP contribution is -2.38. The average molecular weight is 301 g/mol. The van der Waals surface area contributed by atoms with Crippen LogP contribution in [-0.2, 0) is 13.1 Å². The van der Waals surface area contributed by atoms with Crippen molar-refractivity contribution in [2.75, 3.05) is 20.7 Å². The molecule has 1 heterocycles. The highest BCUT2D eigenvalue weighted by atomic mass is 16.5. The summed E-state index contributed by atoms with van der Waals surface area (Å²) >= 11 is 0. The first-order valence-corrected chi connectivity index (χ1v) is 7.26. The number of methoxy groups -OCH3 is 1. The number of imidazole rings is 1. The van der Waals surface area contributed by atoms with Crippen LogP contribution in [-0.4, -0.2) is 36.2 Å². The molecule has 0 aliphatic heterocycles. The summed E-state index contributed by atoms with van der Waals surface area (Å²) in [4.78, 5) is 8.24. The van der Waals surface area contributed by atoms with Crippen molar-refractivity contribution < 1.29 is 4.74 Å². The predicted molar refractivity (Wildman–Crippen MR) is 88.2 cm³/mol. The molecule has 0 bridgehead atoms. The quantitative estimate of drug-likeness (QED) is 0.628. The molecule has 6 nitrogen and oxygen atoms in total. The molecule has 6 heteroatoms. The molecule has 0 atom stereocenters. The van der Waals surface area contributed by atoms with Crippen LogP contribution in [0.3, 0.4) is 0 Å². The number of guanidine groups is 1. The number of aromatic nitrogens is 2. The Balaban J connectivity index is 1.83. The molecule has 0 amide bonds. The molecule has 0 saturated heterocycles. The van der Waals surface area contributed by atoms with Crippen molar-refractivity contribution in [1.82, 2.24) is 20.2 Å². The summed E-state index contributed by atoms with van der Waals surface area (Å²) in [5, 5.41) is 6.57. The van der Waals surface area contributed by atoms with Gasteiger partial charge in [-0.15, -0.1) is 0 Å². The normalized spacial score (nSPS) is 11.3. The largest absolute Gasteiger partial charge is 0.496 e. The first-order chi connectivity index (χ1) is 10.7. The third-order valence-corrected chi connectivity index (χ3v) is 3.33. The van der Waals surface area contributed by atoms with Crippen LogP contribution in [0, 0.1) is 6.92 Å². The van der Waals surface area contributed by atoms with Gasteiger partial charge in [-0.05, 0) is 18.6 Å². The minimum atomic E-state index is 0.661. The molecule has 0 spiro atoms. The topological polar surface area (TPSA) is 63.5 Å². The molecular weight excluding hydrogens is 278 g/mol. The third kappa shape index (κ3) is 4.51. The monoisotopic (exact) mass is 301 g/mol. The Hall–Kier alpha value is -2.50. The van der Waals surface area contributed by atoms with Gasteiger partial charge in [0.15, 0.2) is 5.96 Å². The van der Waals surface area contributed by atoms with E-state index in [1.807, 2.05) is 16.8 Å². The first-order valence-electron chi connectivity index (χ1n) is 7.26. The van der Waals surface area contributed by atoms with Gasteiger partial charge in [-0.3, -0.25) is 4.99 Å². The number of nitrogens with zero attached hydrogens (tertiary/aromatic N) is 3. The van der Waals surface area contributed by atoms with Crippen LogP contribution in [0.25, 0.3) is 0 Å². The summed E-state index contributed by atoms with van der Waals surface area (Å²) in [5.41, 5.74) is 2.29. The van der Waals surface area contributed by atoms with E-state index in [1.54, 1.807) is 26.7 Å². The van der Waals surface area contributed by atoms with Gasteiger partial charge in [0.05, 0.1) is 13.4 Å². The number of hydrogen-bond donors (Lipinski definition) is 2. The van der Waals surface area contributed by atoms with Gasteiger partial charge in [0.2, 0.25) is 0 Å². The molecule has 118 valence electrons. The fraction of sp³-hybridized carbons (Fsp3) is 0.375. The van der Waals surface area contributed by atoms with Gasteiger partial charge in [0.1, 0.15) is 5.75 Å².